The van der Waals surface area contributed by atoms with Gasteiger partial charge in [0.2, 0.25) is 0 Å². The number of esters is 1. The van der Waals surface area contributed by atoms with Crippen LogP contribution in [-0.2, 0) is 20.7 Å². The Morgan fingerprint density at radius 3 is 2.33 bits per heavy atom. The summed E-state index contributed by atoms with van der Waals surface area (Å²) in [7, 11) is 0. The van der Waals surface area contributed by atoms with Crippen LogP contribution in [0.1, 0.15) is 45.1 Å². The molecule has 0 spiro atoms. The van der Waals surface area contributed by atoms with E-state index in [4.69, 9.17) is 9.47 Å². The van der Waals surface area contributed by atoms with Gasteiger partial charge in [-0.25, -0.2) is 4.79 Å². The number of carbonyl (C=O) groups excluding carboxylic acids is 1. The SMILES string of the molecule is CCCCOC(=O)[C@H](Cc1ccc(O)cc1)OCCCC. The standard InChI is InChI=1S/C17H26O4/c1-3-5-11-20-16(17(19)21-12-6-4-2)13-14-7-9-15(18)10-8-14/h7-10,16,18H,3-6,11-13H2,1-2H3/t16-/m0/s1. The van der Waals surface area contributed by atoms with E-state index >= 15 is 0 Å². The fourth-order valence-corrected chi connectivity index (χ4v) is 1.84. The molecule has 4 heteroatoms. The molecule has 21 heavy (non-hydrogen) atoms. The molecule has 0 bridgehead atoms. The second-order valence-corrected chi connectivity index (χ2v) is 5.10. The average Bonchev–Trinajstić information content (AvgIpc) is 2.48. The van der Waals surface area contributed by atoms with Crippen molar-refractivity contribution in [1.29, 1.82) is 0 Å². The number of carbonyl (C=O) groups is 1. The van der Waals surface area contributed by atoms with Crippen molar-refractivity contribution in [2.45, 2.75) is 52.1 Å². The van der Waals surface area contributed by atoms with Gasteiger partial charge in [0, 0.05) is 13.0 Å². The van der Waals surface area contributed by atoms with Gasteiger partial charge in [0.25, 0.3) is 0 Å². The van der Waals surface area contributed by atoms with E-state index in [1.54, 1.807) is 24.3 Å². The normalized spacial score (nSPS) is 12.1. The van der Waals surface area contributed by atoms with Crippen molar-refractivity contribution in [1.82, 2.24) is 0 Å². The zero-order valence-corrected chi connectivity index (χ0v) is 13.0. The van der Waals surface area contributed by atoms with E-state index in [2.05, 4.69) is 13.8 Å². The second kappa shape index (κ2) is 10.2. The summed E-state index contributed by atoms with van der Waals surface area (Å²) in [6, 6.07) is 6.82. The van der Waals surface area contributed by atoms with Crippen LogP contribution in [-0.4, -0.2) is 30.4 Å². The predicted octanol–water partition coefficient (Wildman–Crippen LogP) is 3.46. The Hall–Kier alpha value is -1.55. The summed E-state index contributed by atoms with van der Waals surface area (Å²) >= 11 is 0. The fraction of sp³-hybridized carbons (Fsp3) is 0.588. The second-order valence-electron chi connectivity index (χ2n) is 5.10. The number of hydrogen-bond acceptors (Lipinski definition) is 4. The van der Waals surface area contributed by atoms with Crippen LogP contribution in [0.3, 0.4) is 0 Å². The smallest absolute Gasteiger partial charge is 0.335 e. The summed E-state index contributed by atoms with van der Waals surface area (Å²) in [6.07, 6.45) is 3.71. The Kier molecular flexibility index (Phi) is 8.51. The van der Waals surface area contributed by atoms with Gasteiger partial charge >= 0.3 is 5.97 Å². The molecule has 0 saturated heterocycles. The number of phenols is 1. The molecule has 1 rings (SSSR count). The van der Waals surface area contributed by atoms with Gasteiger partial charge in [-0.15, -0.1) is 0 Å². The van der Waals surface area contributed by atoms with Crippen LogP contribution in [0.2, 0.25) is 0 Å². The number of ether oxygens (including phenoxy) is 2. The number of unbranched alkanes of at least 4 members (excludes halogenated alkanes) is 2. The summed E-state index contributed by atoms with van der Waals surface area (Å²) in [5, 5.41) is 9.29. The van der Waals surface area contributed by atoms with Crippen molar-refractivity contribution < 1.29 is 19.4 Å². The third-order valence-corrected chi connectivity index (χ3v) is 3.18. The van der Waals surface area contributed by atoms with E-state index in [-0.39, 0.29) is 11.7 Å². The minimum Gasteiger partial charge on any atom is -0.508 e. The van der Waals surface area contributed by atoms with E-state index in [0.29, 0.717) is 19.6 Å². The quantitative estimate of drug-likeness (QED) is 0.530. The largest absolute Gasteiger partial charge is 0.508 e. The molecule has 0 aromatic heterocycles. The molecular formula is C17H26O4. The first-order chi connectivity index (χ1) is 10.2. The van der Waals surface area contributed by atoms with Gasteiger partial charge < -0.3 is 14.6 Å². The van der Waals surface area contributed by atoms with Crippen LogP contribution < -0.4 is 0 Å². The maximum absolute atomic E-state index is 12.1. The van der Waals surface area contributed by atoms with Crippen molar-refractivity contribution in [3.05, 3.63) is 29.8 Å². The van der Waals surface area contributed by atoms with Gasteiger partial charge in [0.15, 0.2) is 6.10 Å². The minimum atomic E-state index is -0.571. The van der Waals surface area contributed by atoms with Gasteiger partial charge in [-0.1, -0.05) is 38.8 Å². The van der Waals surface area contributed by atoms with Gasteiger partial charge in [-0.3, -0.25) is 0 Å². The van der Waals surface area contributed by atoms with Crippen molar-refractivity contribution in [2.24, 2.45) is 0 Å². The highest BCUT2D eigenvalue weighted by Gasteiger charge is 2.21. The molecule has 0 amide bonds. The van der Waals surface area contributed by atoms with Crippen LogP contribution >= 0.6 is 0 Å². The number of aromatic hydroxyl groups is 1. The number of rotatable bonds is 10. The van der Waals surface area contributed by atoms with Crippen molar-refractivity contribution >= 4 is 5.97 Å². The summed E-state index contributed by atoms with van der Waals surface area (Å²) in [4.78, 5) is 12.1. The lowest BCUT2D eigenvalue weighted by molar-refractivity contribution is -0.157. The van der Waals surface area contributed by atoms with Crippen LogP contribution in [0.5, 0.6) is 5.75 Å². The van der Waals surface area contributed by atoms with E-state index in [1.165, 1.54) is 0 Å². The van der Waals surface area contributed by atoms with E-state index < -0.39 is 6.10 Å². The maximum atomic E-state index is 12.1. The first-order valence-electron chi connectivity index (χ1n) is 7.73. The van der Waals surface area contributed by atoms with Crippen LogP contribution in [0.15, 0.2) is 24.3 Å². The molecule has 0 radical (unpaired) electrons. The summed E-state index contributed by atoms with van der Waals surface area (Å²) in [6.45, 7) is 5.14. The van der Waals surface area contributed by atoms with Gasteiger partial charge in [0.1, 0.15) is 5.75 Å². The molecule has 1 aromatic rings. The monoisotopic (exact) mass is 294 g/mol. The number of hydrogen-bond donors (Lipinski definition) is 1. The van der Waals surface area contributed by atoms with Crippen LogP contribution in [0.4, 0.5) is 0 Å². The average molecular weight is 294 g/mol. The Bertz CT molecular complexity index is 400. The Morgan fingerprint density at radius 2 is 1.71 bits per heavy atom. The highest BCUT2D eigenvalue weighted by molar-refractivity contribution is 5.75. The Morgan fingerprint density at radius 1 is 1.10 bits per heavy atom. The van der Waals surface area contributed by atoms with Crippen LogP contribution in [0.25, 0.3) is 0 Å². The first kappa shape index (κ1) is 17.5. The molecule has 0 aliphatic heterocycles. The number of benzene rings is 1. The molecule has 0 aliphatic carbocycles. The molecule has 1 N–H and O–H groups in total. The molecule has 1 aromatic carbocycles. The summed E-state index contributed by atoms with van der Waals surface area (Å²) < 4.78 is 10.9. The van der Waals surface area contributed by atoms with Gasteiger partial charge in [0.05, 0.1) is 6.61 Å². The number of phenolic OH excluding ortho intramolecular Hbond substituents is 1. The minimum absolute atomic E-state index is 0.215. The molecule has 0 unspecified atom stereocenters. The van der Waals surface area contributed by atoms with Crippen molar-refractivity contribution in [3.63, 3.8) is 0 Å². The molecule has 0 heterocycles. The first-order valence-corrected chi connectivity index (χ1v) is 7.73. The third kappa shape index (κ3) is 7.14. The topological polar surface area (TPSA) is 55.8 Å². The predicted molar refractivity (Wildman–Crippen MR) is 82.3 cm³/mol. The zero-order valence-electron chi connectivity index (χ0n) is 13.0. The van der Waals surface area contributed by atoms with E-state index in [1.807, 2.05) is 0 Å². The molecular weight excluding hydrogens is 268 g/mol. The van der Waals surface area contributed by atoms with E-state index in [9.17, 15) is 9.90 Å². The van der Waals surface area contributed by atoms with Gasteiger partial charge in [-0.2, -0.15) is 0 Å². The Labute approximate surface area is 127 Å². The van der Waals surface area contributed by atoms with Gasteiger partial charge in [-0.05, 0) is 30.5 Å². The lowest BCUT2D eigenvalue weighted by Crippen LogP contribution is -2.29. The summed E-state index contributed by atoms with van der Waals surface area (Å²) in [5.74, 6) is -0.0830. The molecule has 4 nitrogen and oxygen atoms in total. The third-order valence-electron chi connectivity index (χ3n) is 3.18. The Balaban J connectivity index is 2.57. The molecule has 118 valence electrons. The zero-order chi connectivity index (χ0) is 15.5. The lowest BCUT2D eigenvalue weighted by Gasteiger charge is -2.17. The van der Waals surface area contributed by atoms with Crippen LogP contribution in [0, 0.1) is 0 Å². The molecule has 0 aliphatic rings. The molecule has 1 atom stereocenters. The molecule has 0 fully saturated rings. The fourth-order valence-electron chi connectivity index (χ4n) is 1.84. The van der Waals surface area contributed by atoms with Crippen molar-refractivity contribution in [3.8, 4) is 5.75 Å². The summed E-state index contributed by atoms with van der Waals surface area (Å²) in [5.41, 5.74) is 0.946. The highest BCUT2D eigenvalue weighted by Crippen LogP contribution is 2.13. The molecule has 0 saturated carbocycles. The maximum Gasteiger partial charge on any atom is 0.335 e. The highest BCUT2D eigenvalue weighted by atomic mass is 16.6. The van der Waals surface area contributed by atoms with E-state index in [0.717, 1.165) is 31.2 Å². The lowest BCUT2D eigenvalue weighted by atomic mass is 10.1. The van der Waals surface area contributed by atoms with Crippen molar-refractivity contribution in [2.75, 3.05) is 13.2 Å².